The van der Waals surface area contributed by atoms with E-state index in [0.29, 0.717) is 13.0 Å². The number of halogens is 1. The first-order chi connectivity index (χ1) is 14.5. The average Bonchev–Trinajstić information content (AvgIpc) is 3.28. The first-order valence-corrected chi connectivity index (χ1v) is 10.9. The first-order valence-electron chi connectivity index (χ1n) is 10.9. The number of rotatable bonds is 8. The highest BCUT2D eigenvalue weighted by molar-refractivity contribution is 5.95. The van der Waals surface area contributed by atoms with E-state index in [4.69, 9.17) is 0 Å². The van der Waals surface area contributed by atoms with Crippen molar-refractivity contribution in [1.82, 2.24) is 4.90 Å². The van der Waals surface area contributed by atoms with Gasteiger partial charge in [-0.25, -0.2) is 4.39 Å². The van der Waals surface area contributed by atoms with E-state index in [0.717, 1.165) is 55.5 Å². The molecule has 30 heavy (non-hydrogen) atoms. The molecule has 0 aromatic heterocycles. The lowest BCUT2D eigenvalue weighted by molar-refractivity contribution is -0.129. The van der Waals surface area contributed by atoms with Crippen molar-refractivity contribution < 1.29 is 14.0 Å². The summed E-state index contributed by atoms with van der Waals surface area (Å²) in [4.78, 5) is 29.3. The minimum atomic E-state index is -0.288. The van der Waals surface area contributed by atoms with Crippen LogP contribution in [-0.2, 0) is 22.6 Å². The van der Waals surface area contributed by atoms with Crippen molar-refractivity contribution in [3.8, 4) is 0 Å². The van der Waals surface area contributed by atoms with Gasteiger partial charge in [-0.1, -0.05) is 44.0 Å². The molecular weight excluding hydrogens is 379 g/mol. The molecule has 1 aliphatic rings. The smallest absolute Gasteiger partial charge is 0.230 e. The van der Waals surface area contributed by atoms with Crippen LogP contribution < -0.4 is 4.90 Å². The Bertz CT molecular complexity index is 860. The van der Waals surface area contributed by atoms with E-state index in [-0.39, 0.29) is 23.5 Å². The summed E-state index contributed by atoms with van der Waals surface area (Å²) in [5, 5.41) is 0. The zero-order valence-corrected chi connectivity index (χ0v) is 17.9. The fourth-order valence-electron chi connectivity index (χ4n) is 4.07. The summed E-state index contributed by atoms with van der Waals surface area (Å²) in [6, 6.07) is 14.0. The SMILES string of the molecule is CCCN(C)C(=O)Cc1cccc(N(Cc2ccc(F)cc2)C(=O)C2CCCC2)c1. The van der Waals surface area contributed by atoms with Crippen molar-refractivity contribution >= 4 is 17.5 Å². The largest absolute Gasteiger partial charge is 0.345 e. The van der Waals surface area contributed by atoms with Crippen LogP contribution >= 0.6 is 0 Å². The summed E-state index contributed by atoms with van der Waals surface area (Å²) in [6.07, 6.45) is 5.23. The topological polar surface area (TPSA) is 40.6 Å². The molecule has 2 amide bonds. The summed E-state index contributed by atoms with van der Waals surface area (Å²) in [6.45, 7) is 3.17. The first kappa shape index (κ1) is 22.0. The molecule has 0 atom stereocenters. The molecule has 0 bridgehead atoms. The normalized spacial score (nSPS) is 14.0. The molecule has 0 aliphatic heterocycles. The van der Waals surface area contributed by atoms with Crippen LogP contribution in [0.5, 0.6) is 0 Å². The summed E-state index contributed by atoms with van der Waals surface area (Å²) < 4.78 is 13.3. The van der Waals surface area contributed by atoms with Crippen molar-refractivity contribution in [2.75, 3.05) is 18.5 Å². The van der Waals surface area contributed by atoms with Crippen molar-refractivity contribution in [3.05, 3.63) is 65.5 Å². The minimum Gasteiger partial charge on any atom is -0.345 e. The lowest BCUT2D eigenvalue weighted by Gasteiger charge is -2.26. The van der Waals surface area contributed by atoms with E-state index >= 15 is 0 Å². The molecule has 5 heteroatoms. The zero-order chi connectivity index (χ0) is 21.5. The van der Waals surface area contributed by atoms with Crippen LogP contribution in [0.3, 0.4) is 0 Å². The number of carbonyl (C=O) groups is 2. The highest BCUT2D eigenvalue weighted by Crippen LogP contribution is 2.30. The van der Waals surface area contributed by atoms with Gasteiger partial charge in [0.25, 0.3) is 0 Å². The van der Waals surface area contributed by atoms with Gasteiger partial charge in [0.05, 0.1) is 13.0 Å². The van der Waals surface area contributed by atoms with Crippen LogP contribution in [0.2, 0.25) is 0 Å². The van der Waals surface area contributed by atoms with E-state index in [1.807, 2.05) is 38.2 Å². The molecule has 160 valence electrons. The molecular formula is C25H31FN2O2. The van der Waals surface area contributed by atoms with E-state index in [1.54, 1.807) is 21.9 Å². The Morgan fingerprint density at radius 2 is 1.73 bits per heavy atom. The molecule has 2 aromatic rings. The molecule has 1 aliphatic carbocycles. The molecule has 0 unspecified atom stereocenters. The van der Waals surface area contributed by atoms with Crippen LogP contribution in [0.4, 0.5) is 10.1 Å². The molecule has 0 saturated heterocycles. The summed E-state index contributed by atoms with van der Waals surface area (Å²) in [5.41, 5.74) is 2.57. The summed E-state index contributed by atoms with van der Waals surface area (Å²) >= 11 is 0. The Labute approximate surface area is 178 Å². The molecule has 1 fully saturated rings. The molecule has 2 aromatic carbocycles. The predicted molar refractivity (Wildman–Crippen MR) is 118 cm³/mol. The summed E-state index contributed by atoms with van der Waals surface area (Å²) in [5.74, 6) is -0.0693. The molecule has 1 saturated carbocycles. The van der Waals surface area contributed by atoms with Crippen LogP contribution in [0.1, 0.15) is 50.2 Å². The number of amides is 2. The number of benzene rings is 2. The monoisotopic (exact) mass is 410 g/mol. The average molecular weight is 411 g/mol. The second kappa shape index (κ2) is 10.4. The van der Waals surface area contributed by atoms with Crippen molar-refractivity contribution in [2.45, 2.75) is 52.0 Å². The molecule has 4 nitrogen and oxygen atoms in total. The Morgan fingerprint density at radius 1 is 1.03 bits per heavy atom. The zero-order valence-electron chi connectivity index (χ0n) is 17.9. The minimum absolute atomic E-state index is 0.0337. The third-order valence-electron chi connectivity index (χ3n) is 5.79. The second-order valence-electron chi connectivity index (χ2n) is 8.19. The Kier molecular flexibility index (Phi) is 7.61. The van der Waals surface area contributed by atoms with Crippen LogP contribution in [0, 0.1) is 11.7 Å². The van der Waals surface area contributed by atoms with Crippen molar-refractivity contribution in [3.63, 3.8) is 0 Å². The number of hydrogen-bond donors (Lipinski definition) is 0. The highest BCUT2D eigenvalue weighted by Gasteiger charge is 2.28. The maximum Gasteiger partial charge on any atom is 0.230 e. The van der Waals surface area contributed by atoms with Gasteiger partial charge in [0.2, 0.25) is 11.8 Å². The molecule has 0 N–H and O–H groups in total. The number of anilines is 1. The number of likely N-dealkylation sites (N-methyl/N-ethyl adjacent to an activating group) is 1. The summed E-state index contributed by atoms with van der Waals surface area (Å²) in [7, 11) is 1.82. The Balaban J connectivity index is 1.84. The fraction of sp³-hybridized carbons (Fsp3) is 0.440. The number of hydrogen-bond acceptors (Lipinski definition) is 2. The van der Waals surface area contributed by atoms with E-state index in [2.05, 4.69) is 0 Å². The Morgan fingerprint density at radius 3 is 2.40 bits per heavy atom. The van der Waals surface area contributed by atoms with E-state index < -0.39 is 0 Å². The molecule has 0 spiro atoms. The second-order valence-corrected chi connectivity index (χ2v) is 8.19. The van der Waals surface area contributed by atoms with Gasteiger partial charge in [0.15, 0.2) is 0 Å². The lowest BCUT2D eigenvalue weighted by Crippen LogP contribution is -2.35. The fourth-order valence-corrected chi connectivity index (χ4v) is 4.07. The number of nitrogens with zero attached hydrogens (tertiary/aromatic N) is 2. The third kappa shape index (κ3) is 5.68. The molecule has 0 heterocycles. The van der Waals surface area contributed by atoms with Gasteiger partial charge in [-0.3, -0.25) is 9.59 Å². The van der Waals surface area contributed by atoms with Gasteiger partial charge < -0.3 is 9.80 Å². The standard InChI is InChI=1S/C25H31FN2O2/c1-3-15-27(2)24(29)17-20-7-6-10-23(16-20)28(25(30)21-8-4-5-9-21)18-19-11-13-22(26)14-12-19/h6-7,10-14,16,21H,3-5,8-9,15,17-18H2,1-2H3. The highest BCUT2D eigenvalue weighted by atomic mass is 19.1. The molecule has 0 radical (unpaired) electrons. The van der Waals surface area contributed by atoms with Gasteiger partial charge in [0.1, 0.15) is 5.82 Å². The van der Waals surface area contributed by atoms with Gasteiger partial charge >= 0.3 is 0 Å². The van der Waals surface area contributed by atoms with Crippen LogP contribution in [0.15, 0.2) is 48.5 Å². The van der Waals surface area contributed by atoms with Gasteiger partial charge in [-0.15, -0.1) is 0 Å². The third-order valence-corrected chi connectivity index (χ3v) is 5.79. The van der Waals surface area contributed by atoms with Crippen molar-refractivity contribution in [1.29, 1.82) is 0 Å². The van der Waals surface area contributed by atoms with Gasteiger partial charge in [-0.2, -0.15) is 0 Å². The van der Waals surface area contributed by atoms with Crippen LogP contribution in [0.25, 0.3) is 0 Å². The van der Waals surface area contributed by atoms with Crippen LogP contribution in [-0.4, -0.2) is 30.3 Å². The lowest BCUT2D eigenvalue weighted by atomic mass is 10.0. The van der Waals surface area contributed by atoms with Gasteiger partial charge in [-0.05, 0) is 54.7 Å². The van der Waals surface area contributed by atoms with Crippen molar-refractivity contribution in [2.24, 2.45) is 5.92 Å². The quantitative estimate of drug-likeness (QED) is 0.617. The number of carbonyl (C=O) groups excluding carboxylic acids is 2. The Hall–Kier alpha value is -2.69. The van der Waals surface area contributed by atoms with E-state index in [1.165, 1.54) is 12.1 Å². The maximum absolute atomic E-state index is 13.3. The maximum atomic E-state index is 13.3. The predicted octanol–water partition coefficient (Wildman–Crippen LogP) is 4.96. The van der Waals surface area contributed by atoms with Gasteiger partial charge in [0, 0.05) is 25.2 Å². The molecule has 3 rings (SSSR count). The van der Waals surface area contributed by atoms with E-state index in [9.17, 15) is 14.0 Å².